The van der Waals surface area contributed by atoms with Crippen LogP contribution in [0.25, 0.3) is 11.1 Å². The fourth-order valence-electron chi connectivity index (χ4n) is 2.95. The highest BCUT2D eigenvalue weighted by Gasteiger charge is 2.14. The van der Waals surface area contributed by atoms with Crippen molar-refractivity contribution < 1.29 is 13.6 Å². The Labute approximate surface area is 160 Å². The molecule has 1 N–H and O–H groups in total. The number of carbonyl (C=O) groups excluding carboxylic acids is 1. The number of aromatic nitrogens is 4. The van der Waals surface area contributed by atoms with Gasteiger partial charge in [-0.05, 0) is 36.8 Å². The van der Waals surface area contributed by atoms with Crippen molar-refractivity contribution in [1.82, 2.24) is 25.1 Å². The van der Waals surface area contributed by atoms with E-state index >= 15 is 0 Å². The summed E-state index contributed by atoms with van der Waals surface area (Å²) < 4.78 is 21.2. The average Bonchev–Trinajstić information content (AvgIpc) is 3.31. The van der Waals surface area contributed by atoms with E-state index in [2.05, 4.69) is 20.4 Å². The molecule has 4 aromatic rings. The zero-order chi connectivity index (χ0) is 19.5. The zero-order valence-electron chi connectivity index (χ0n) is 15.2. The third-order valence-electron chi connectivity index (χ3n) is 4.30. The van der Waals surface area contributed by atoms with Gasteiger partial charge in [0, 0.05) is 11.6 Å². The Hall–Kier alpha value is -3.55. The average molecular weight is 379 g/mol. The van der Waals surface area contributed by atoms with Crippen LogP contribution in [0.4, 0.5) is 4.39 Å². The van der Waals surface area contributed by atoms with Gasteiger partial charge in [-0.3, -0.25) is 9.48 Å². The summed E-state index contributed by atoms with van der Waals surface area (Å²) in [5.74, 6) is -0.120. The summed E-state index contributed by atoms with van der Waals surface area (Å²) in [6.07, 6.45) is 3.30. The Morgan fingerprint density at radius 3 is 2.93 bits per heavy atom. The van der Waals surface area contributed by atoms with Crippen LogP contribution in [-0.2, 0) is 13.0 Å². The van der Waals surface area contributed by atoms with E-state index in [1.54, 1.807) is 47.4 Å². The van der Waals surface area contributed by atoms with Gasteiger partial charge in [0.2, 0.25) is 0 Å². The number of amides is 1. The van der Waals surface area contributed by atoms with Gasteiger partial charge in [0.15, 0.2) is 11.5 Å². The Morgan fingerprint density at radius 2 is 2.14 bits per heavy atom. The van der Waals surface area contributed by atoms with Crippen molar-refractivity contribution in [2.24, 2.45) is 0 Å². The predicted molar refractivity (Wildman–Crippen MR) is 100 cm³/mol. The topological polar surface area (TPSA) is 85.8 Å². The van der Waals surface area contributed by atoms with Crippen molar-refractivity contribution in [2.45, 2.75) is 25.9 Å². The van der Waals surface area contributed by atoms with Crippen LogP contribution < -0.4 is 5.32 Å². The number of nitrogens with one attached hydrogen (secondary N) is 1. The van der Waals surface area contributed by atoms with Gasteiger partial charge in [0.05, 0.1) is 13.0 Å². The minimum atomic E-state index is -0.300. The number of benzene rings is 2. The second kappa shape index (κ2) is 7.59. The van der Waals surface area contributed by atoms with Crippen molar-refractivity contribution in [2.75, 3.05) is 0 Å². The number of hydrogen-bond donors (Lipinski definition) is 1. The van der Waals surface area contributed by atoms with Gasteiger partial charge in [0.1, 0.15) is 24.0 Å². The second-order valence-corrected chi connectivity index (χ2v) is 6.55. The molecule has 0 aliphatic rings. The number of halogens is 1. The van der Waals surface area contributed by atoms with Crippen LogP contribution in [0.2, 0.25) is 0 Å². The van der Waals surface area contributed by atoms with Gasteiger partial charge < -0.3 is 9.73 Å². The highest BCUT2D eigenvalue weighted by atomic mass is 19.1. The number of nitrogens with zero attached hydrogens (tertiary/aromatic N) is 4. The lowest BCUT2D eigenvalue weighted by molar-refractivity contribution is 0.0936. The van der Waals surface area contributed by atoms with Crippen molar-refractivity contribution >= 4 is 17.0 Å². The van der Waals surface area contributed by atoms with Crippen molar-refractivity contribution in [3.8, 4) is 0 Å². The van der Waals surface area contributed by atoms with Crippen molar-refractivity contribution in [3.63, 3.8) is 0 Å². The maximum atomic E-state index is 13.8. The van der Waals surface area contributed by atoms with Crippen LogP contribution in [0.15, 0.2) is 59.5 Å². The number of fused-ring (bicyclic) bond motifs is 1. The highest BCUT2D eigenvalue weighted by Crippen LogP contribution is 2.20. The molecule has 1 amide bonds. The molecule has 28 heavy (non-hydrogen) atoms. The molecule has 0 bridgehead atoms. The summed E-state index contributed by atoms with van der Waals surface area (Å²) in [6, 6.07) is 11.4. The summed E-state index contributed by atoms with van der Waals surface area (Å²) >= 11 is 0. The molecule has 2 heterocycles. The van der Waals surface area contributed by atoms with Crippen LogP contribution in [0.5, 0.6) is 0 Å². The van der Waals surface area contributed by atoms with E-state index in [0.717, 1.165) is 0 Å². The lowest BCUT2D eigenvalue weighted by atomic mass is 10.1. The predicted octanol–water partition coefficient (Wildman–Crippen LogP) is 2.97. The molecule has 1 unspecified atom stereocenters. The van der Waals surface area contributed by atoms with Gasteiger partial charge in [-0.2, -0.15) is 5.10 Å². The van der Waals surface area contributed by atoms with Crippen LogP contribution in [0.1, 0.15) is 28.7 Å². The van der Waals surface area contributed by atoms with E-state index in [9.17, 15) is 9.18 Å². The molecule has 2 aromatic heterocycles. The number of hydrogen-bond acceptors (Lipinski definition) is 5. The lowest BCUT2D eigenvalue weighted by Gasteiger charge is -2.13. The number of oxazole rings is 1. The molecule has 0 aliphatic heterocycles. The normalized spacial score (nSPS) is 12.2. The molecule has 0 saturated carbocycles. The van der Waals surface area contributed by atoms with Crippen LogP contribution >= 0.6 is 0 Å². The monoisotopic (exact) mass is 379 g/mol. The van der Waals surface area contributed by atoms with Gasteiger partial charge in [-0.25, -0.2) is 14.4 Å². The van der Waals surface area contributed by atoms with Crippen molar-refractivity contribution in [1.29, 1.82) is 0 Å². The molecule has 7 nitrogen and oxygen atoms in total. The third-order valence-corrected chi connectivity index (χ3v) is 4.30. The first-order valence-corrected chi connectivity index (χ1v) is 8.84. The summed E-state index contributed by atoms with van der Waals surface area (Å²) in [5, 5.41) is 6.94. The Kier molecular flexibility index (Phi) is 4.84. The largest absolute Gasteiger partial charge is 0.440 e. The Bertz CT molecular complexity index is 1110. The van der Waals surface area contributed by atoms with Gasteiger partial charge in [-0.15, -0.1) is 0 Å². The van der Waals surface area contributed by atoms with Gasteiger partial charge in [0.25, 0.3) is 5.91 Å². The van der Waals surface area contributed by atoms with Crippen LogP contribution in [-0.4, -0.2) is 31.7 Å². The van der Waals surface area contributed by atoms with Gasteiger partial charge in [-0.1, -0.05) is 18.2 Å². The van der Waals surface area contributed by atoms with Crippen molar-refractivity contribution in [3.05, 3.63) is 78.0 Å². The first kappa shape index (κ1) is 17.8. The number of rotatable bonds is 6. The van der Waals surface area contributed by atoms with E-state index in [-0.39, 0.29) is 24.2 Å². The van der Waals surface area contributed by atoms with E-state index in [0.29, 0.717) is 34.7 Å². The fraction of sp³-hybridized carbons (Fsp3) is 0.200. The van der Waals surface area contributed by atoms with E-state index in [1.807, 2.05) is 6.92 Å². The lowest BCUT2D eigenvalue weighted by Crippen LogP contribution is -2.35. The summed E-state index contributed by atoms with van der Waals surface area (Å²) in [6.45, 7) is 2.40. The minimum Gasteiger partial charge on any atom is -0.440 e. The third kappa shape index (κ3) is 3.90. The first-order valence-electron chi connectivity index (χ1n) is 8.84. The standard InChI is InChI=1S/C20H18FN5O2/c1-13(10-26-12-22-11-23-26)24-20(27)15-6-7-17-18(8-15)28-19(25-17)9-14-4-2-3-5-16(14)21/h2-8,11-13H,9-10H2,1H3,(H,24,27). The minimum absolute atomic E-state index is 0.128. The first-order chi connectivity index (χ1) is 13.6. The van der Waals surface area contributed by atoms with E-state index in [1.165, 1.54) is 12.4 Å². The molecule has 4 rings (SSSR count). The summed E-state index contributed by atoms with van der Waals surface area (Å²) in [4.78, 5) is 20.8. The zero-order valence-corrected chi connectivity index (χ0v) is 15.2. The molecule has 0 aliphatic carbocycles. The molecule has 1 atom stereocenters. The summed E-state index contributed by atoms with van der Waals surface area (Å²) in [7, 11) is 0. The Balaban J connectivity index is 1.48. The Morgan fingerprint density at radius 1 is 1.29 bits per heavy atom. The van der Waals surface area contributed by atoms with E-state index in [4.69, 9.17) is 4.42 Å². The van der Waals surface area contributed by atoms with Crippen LogP contribution in [0, 0.1) is 5.82 Å². The molecule has 0 spiro atoms. The number of carbonyl (C=O) groups is 1. The SMILES string of the molecule is CC(Cn1cncn1)NC(=O)c1ccc2nc(Cc3ccccc3F)oc2c1. The molecule has 0 fully saturated rings. The molecular formula is C20H18FN5O2. The molecule has 0 radical (unpaired) electrons. The smallest absolute Gasteiger partial charge is 0.251 e. The molecular weight excluding hydrogens is 361 g/mol. The highest BCUT2D eigenvalue weighted by molar-refractivity contribution is 5.97. The summed E-state index contributed by atoms with van der Waals surface area (Å²) in [5.41, 5.74) is 2.09. The molecule has 142 valence electrons. The molecule has 0 saturated heterocycles. The van der Waals surface area contributed by atoms with Crippen LogP contribution in [0.3, 0.4) is 0 Å². The quantitative estimate of drug-likeness (QED) is 0.557. The second-order valence-electron chi connectivity index (χ2n) is 6.55. The van der Waals surface area contributed by atoms with Gasteiger partial charge >= 0.3 is 0 Å². The maximum Gasteiger partial charge on any atom is 0.251 e. The molecule has 2 aromatic carbocycles. The van der Waals surface area contributed by atoms with E-state index < -0.39 is 0 Å². The maximum absolute atomic E-state index is 13.8. The fourth-order valence-corrected chi connectivity index (χ4v) is 2.95. The molecule has 8 heteroatoms.